The molecule has 0 unspecified atom stereocenters. The molecule has 1 aliphatic carbocycles. The second kappa shape index (κ2) is 3.47. The lowest BCUT2D eigenvalue weighted by atomic mass is 9.96. The number of hydrogen-bond donors (Lipinski definition) is 1. The van der Waals surface area contributed by atoms with E-state index in [1.807, 2.05) is 0 Å². The highest BCUT2D eigenvalue weighted by molar-refractivity contribution is 9.10. The Morgan fingerprint density at radius 1 is 1.50 bits per heavy atom. The van der Waals surface area contributed by atoms with E-state index in [1.54, 1.807) is 6.07 Å². The van der Waals surface area contributed by atoms with Gasteiger partial charge in [-0.3, -0.25) is 0 Å². The molecular weight excluding hydrogens is 268 g/mol. The van der Waals surface area contributed by atoms with Crippen molar-refractivity contribution < 1.29 is 4.39 Å². The van der Waals surface area contributed by atoms with Gasteiger partial charge >= 0.3 is 0 Å². The van der Waals surface area contributed by atoms with Crippen molar-refractivity contribution in [2.75, 3.05) is 6.54 Å². The summed E-state index contributed by atoms with van der Waals surface area (Å²) in [6.45, 7) is 0.498. The minimum atomic E-state index is -0.249. The molecule has 1 saturated carbocycles. The first-order valence-electron chi connectivity index (χ1n) is 4.44. The Labute approximate surface area is 95.6 Å². The minimum absolute atomic E-state index is 0.128. The quantitative estimate of drug-likeness (QED) is 0.826. The lowest BCUT2D eigenvalue weighted by molar-refractivity contribution is 0.572. The van der Waals surface area contributed by atoms with Crippen molar-refractivity contribution in [2.24, 2.45) is 5.73 Å². The second-order valence-corrected chi connectivity index (χ2v) is 4.99. The Balaban J connectivity index is 2.49. The molecule has 1 aromatic carbocycles. The molecule has 0 heterocycles. The Morgan fingerprint density at radius 3 is 2.64 bits per heavy atom. The van der Waals surface area contributed by atoms with E-state index in [-0.39, 0.29) is 11.2 Å². The standard InChI is InChI=1S/C10H10BrClFN/c11-7-3-6(9(13)4-8(7)12)10(5-14)1-2-10/h3-4H,1-2,5,14H2. The fourth-order valence-electron chi connectivity index (χ4n) is 1.66. The van der Waals surface area contributed by atoms with E-state index >= 15 is 0 Å². The van der Waals surface area contributed by atoms with Crippen molar-refractivity contribution in [3.05, 3.63) is 33.0 Å². The maximum Gasteiger partial charge on any atom is 0.128 e. The highest BCUT2D eigenvalue weighted by Crippen LogP contribution is 2.49. The Kier molecular flexibility index (Phi) is 2.58. The first-order chi connectivity index (χ1) is 6.59. The number of hydrogen-bond acceptors (Lipinski definition) is 1. The minimum Gasteiger partial charge on any atom is -0.330 e. The van der Waals surface area contributed by atoms with Crippen LogP contribution in [-0.2, 0) is 5.41 Å². The van der Waals surface area contributed by atoms with Crippen LogP contribution in [0.15, 0.2) is 16.6 Å². The van der Waals surface area contributed by atoms with Gasteiger partial charge in [0.15, 0.2) is 0 Å². The predicted molar refractivity (Wildman–Crippen MR) is 59.1 cm³/mol. The van der Waals surface area contributed by atoms with E-state index in [9.17, 15) is 4.39 Å². The van der Waals surface area contributed by atoms with Crippen LogP contribution in [0.4, 0.5) is 4.39 Å². The summed E-state index contributed by atoms with van der Waals surface area (Å²) in [6, 6.07) is 3.09. The van der Waals surface area contributed by atoms with Crippen molar-refractivity contribution in [3.63, 3.8) is 0 Å². The normalized spacial score (nSPS) is 18.3. The van der Waals surface area contributed by atoms with Gasteiger partial charge in [-0.05, 0) is 46.5 Å². The largest absolute Gasteiger partial charge is 0.330 e. The molecule has 0 amide bonds. The van der Waals surface area contributed by atoms with E-state index in [0.29, 0.717) is 17.1 Å². The average molecular weight is 279 g/mol. The van der Waals surface area contributed by atoms with Crippen molar-refractivity contribution in [2.45, 2.75) is 18.3 Å². The van der Waals surface area contributed by atoms with Gasteiger partial charge in [0.25, 0.3) is 0 Å². The fourth-order valence-corrected chi connectivity index (χ4v) is 2.16. The van der Waals surface area contributed by atoms with Crippen LogP contribution in [0.25, 0.3) is 0 Å². The molecule has 1 nitrogen and oxygen atoms in total. The van der Waals surface area contributed by atoms with Crippen LogP contribution in [0.1, 0.15) is 18.4 Å². The molecule has 76 valence electrons. The van der Waals surface area contributed by atoms with Gasteiger partial charge in [-0.1, -0.05) is 11.6 Å². The number of halogens is 3. The summed E-state index contributed by atoms with van der Waals surface area (Å²) in [4.78, 5) is 0. The molecule has 1 fully saturated rings. The summed E-state index contributed by atoms with van der Waals surface area (Å²) in [5.41, 5.74) is 6.21. The predicted octanol–water partition coefficient (Wildman–Crippen LogP) is 3.23. The van der Waals surface area contributed by atoms with Crippen molar-refractivity contribution in [1.82, 2.24) is 0 Å². The van der Waals surface area contributed by atoms with Crippen LogP contribution in [0.3, 0.4) is 0 Å². The van der Waals surface area contributed by atoms with Crippen LogP contribution in [0.2, 0.25) is 5.02 Å². The Hall–Kier alpha value is -0.120. The first kappa shape index (κ1) is 10.4. The zero-order valence-corrected chi connectivity index (χ0v) is 9.83. The van der Waals surface area contributed by atoms with Crippen LogP contribution in [0.5, 0.6) is 0 Å². The molecule has 0 aliphatic heterocycles. The van der Waals surface area contributed by atoms with Gasteiger partial charge in [-0.25, -0.2) is 4.39 Å². The van der Waals surface area contributed by atoms with Crippen molar-refractivity contribution >= 4 is 27.5 Å². The Bertz CT molecular complexity index is 377. The number of rotatable bonds is 2. The van der Waals surface area contributed by atoms with Gasteiger partial charge in [0.1, 0.15) is 5.82 Å². The summed E-state index contributed by atoms with van der Waals surface area (Å²) >= 11 is 9.07. The summed E-state index contributed by atoms with van der Waals surface area (Å²) < 4.78 is 14.3. The summed E-state index contributed by atoms with van der Waals surface area (Å²) in [5, 5.41) is 0.402. The van der Waals surface area contributed by atoms with Crippen molar-refractivity contribution in [3.8, 4) is 0 Å². The second-order valence-electron chi connectivity index (χ2n) is 3.73. The number of nitrogens with two attached hydrogens (primary N) is 1. The molecule has 0 atom stereocenters. The molecule has 4 heteroatoms. The maximum atomic E-state index is 13.6. The third-order valence-electron chi connectivity index (χ3n) is 2.83. The van der Waals surface area contributed by atoms with Crippen molar-refractivity contribution in [1.29, 1.82) is 0 Å². The van der Waals surface area contributed by atoms with E-state index in [4.69, 9.17) is 17.3 Å². The molecule has 0 spiro atoms. The highest BCUT2D eigenvalue weighted by atomic mass is 79.9. The summed E-state index contributed by atoms with van der Waals surface area (Å²) in [6.07, 6.45) is 1.93. The molecule has 1 aliphatic rings. The lowest BCUT2D eigenvalue weighted by Crippen LogP contribution is -2.21. The van der Waals surface area contributed by atoms with E-state index in [0.717, 1.165) is 17.3 Å². The van der Waals surface area contributed by atoms with Gasteiger partial charge < -0.3 is 5.73 Å². The van der Waals surface area contributed by atoms with Gasteiger partial charge in [-0.2, -0.15) is 0 Å². The molecule has 2 rings (SSSR count). The maximum absolute atomic E-state index is 13.6. The highest BCUT2D eigenvalue weighted by Gasteiger charge is 2.44. The SMILES string of the molecule is NCC1(c2cc(Br)c(Cl)cc2F)CC1. The van der Waals surface area contributed by atoms with Crippen LogP contribution in [-0.4, -0.2) is 6.54 Å². The van der Waals surface area contributed by atoms with Crippen LogP contribution < -0.4 is 5.73 Å². The molecule has 0 bridgehead atoms. The lowest BCUT2D eigenvalue weighted by Gasteiger charge is -2.14. The Morgan fingerprint density at radius 2 is 2.14 bits per heavy atom. The summed E-state index contributed by atoms with van der Waals surface area (Å²) in [5.74, 6) is -0.249. The zero-order chi connectivity index (χ0) is 10.3. The average Bonchev–Trinajstić information content (AvgIpc) is 2.92. The molecule has 0 radical (unpaired) electrons. The molecule has 1 aromatic rings. The monoisotopic (exact) mass is 277 g/mol. The molecule has 2 N–H and O–H groups in total. The van der Waals surface area contributed by atoms with Gasteiger partial charge in [0.2, 0.25) is 0 Å². The van der Waals surface area contributed by atoms with Crippen LogP contribution in [0, 0.1) is 5.82 Å². The van der Waals surface area contributed by atoms with E-state index in [1.165, 1.54) is 6.07 Å². The fraction of sp³-hybridized carbons (Fsp3) is 0.400. The number of benzene rings is 1. The smallest absolute Gasteiger partial charge is 0.128 e. The topological polar surface area (TPSA) is 26.0 Å². The van der Waals surface area contributed by atoms with Crippen LogP contribution >= 0.6 is 27.5 Å². The van der Waals surface area contributed by atoms with E-state index in [2.05, 4.69) is 15.9 Å². The molecule has 14 heavy (non-hydrogen) atoms. The van der Waals surface area contributed by atoms with Gasteiger partial charge in [0, 0.05) is 16.4 Å². The third kappa shape index (κ3) is 1.58. The van der Waals surface area contributed by atoms with Gasteiger partial charge in [0.05, 0.1) is 5.02 Å². The van der Waals surface area contributed by atoms with Gasteiger partial charge in [-0.15, -0.1) is 0 Å². The molecule has 0 aromatic heterocycles. The first-order valence-corrected chi connectivity index (χ1v) is 5.61. The summed E-state index contributed by atoms with van der Waals surface area (Å²) in [7, 11) is 0. The van der Waals surface area contributed by atoms with E-state index < -0.39 is 0 Å². The zero-order valence-electron chi connectivity index (χ0n) is 7.49. The molecule has 0 saturated heterocycles. The third-order valence-corrected chi connectivity index (χ3v) is 4.02. The molecular formula is C10H10BrClFN.